The van der Waals surface area contributed by atoms with Crippen molar-refractivity contribution in [2.75, 3.05) is 5.73 Å². The summed E-state index contributed by atoms with van der Waals surface area (Å²) in [5.41, 5.74) is 6.47. The van der Waals surface area contributed by atoms with Gasteiger partial charge in [0.2, 0.25) is 0 Å². The van der Waals surface area contributed by atoms with E-state index in [2.05, 4.69) is 21.5 Å². The predicted octanol–water partition coefficient (Wildman–Crippen LogP) is 1.94. The Bertz CT molecular complexity index is 447. The van der Waals surface area contributed by atoms with Crippen molar-refractivity contribution in [1.82, 2.24) is 14.5 Å². The molecule has 15 heavy (non-hydrogen) atoms. The molecule has 0 radical (unpaired) electrons. The van der Waals surface area contributed by atoms with Gasteiger partial charge in [-0.25, -0.2) is 9.97 Å². The molecule has 0 amide bonds. The smallest absolute Gasteiger partial charge is 0.158 e. The number of nitrogen functional groups attached to an aromatic ring is 1. The fourth-order valence-corrected chi connectivity index (χ4v) is 1.54. The Hall–Kier alpha value is -1.84. The van der Waals surface area contributed by atoms with Crippen LogP contribution in [0.5, 0.6) is 0 Å². The highest BCUT2D eigenvalue weighted by Gasteiger charge is 2.06. The molecule has 4 nitrogen and oxygen atoms in total. The van der Waals surface area contributed by atoms with E-state index in [1.165, 1.54) is 0 Å². The van der Waals surface area contributed by atoms with Gasteiger partial charge in [-0.1, -0.05) is 13.0 Å². The van der Waals surface area contributed by atoms with Crippen LogP contribution in [0.15, 0.2) is 30.6 Å². The Kier molecular flexibility index (Phi) is 2.67. The molecule has 0 aliphatic rings. The largest absolute Gasteiger partial charge is 0.384 e. The summed E-state index contributed by atoms with van der Waals surface area (Å²) in [4.78, 5) is 8.54. The molecule has 78 valence electrons. The lowest BCUT2D eigenvalue weighted by Crippen LogP contribution is -2.00. The van der Waals surface area contributed by atoms with Crippen LogP contribution in [-0.4, -0.2) is 14.5 Å². The van der Waals surface area contributed by atoms with E-state index in [1.54, 1.807) is 12.3 Å². The molecule has 2 aromatic rings. The fourth-order valence-electron chi connectivity index (χ4n) is 1.54. The fraction of sp³-hybridized carbons (Fsp3) is 0.273. The lowest BCUT2D eigenvalue weighted by Gasteiger charge is -2.05. The van der Waals surface area contributed by atoms with Crippen LogP contribution in [0.4, 0.5) is 5.82 Å². The van der Waals surface area contributed by atoms with E-state index >= 15 is 0 Å². The predicted molar refractivity (Wildman–Crippen MR) is 60.2 cm³/mol. The molecular weight excluding hydrogens is 188 g/mol. The number of nitrogens with zero attached hydrogens (tertiary/aromatic N) is 3. The summed E-state index contributed by atoms with van der Waals surface area (Å²) in [5, 5.41) is 0. The van der Waals surface area contributed by atoms with Gasteiger partial charge < -0.3 is 10.3 Å². The first-order valence-corrected chi connectivity index (χ1v) is 5.05. The molecule has 0 atom stereocenters. The highest BCUT2D eigenvalue weighted by atomic mass is 15.1. The molecule has 0 saturated carbocycles. The Morgan fingerprint density at radius 2 is 2.27 bits per heavy atom. The molecule has 2 N–H and O–H groups in total. The van der Waals surface area contributed by atoms with Gasteiger partial charge in [0.05, 0.1) is 0 Å². The number of hydrogen-bond donors (Lipinski definition) is 1. The molecule has 2 aromatic heterocycles. The number of aromatic nitrogens is 3. The zero-order chi connectivity index (χ0) is 10.7. The van der Waals surface area contributed by atoms with Crippen molar-refractivity contribution in [3.8, 4) is 11.5 Å². The highest BCUT2D eigenvalue weighted by Crippen LogP contribution is 2.16. The molecule has 0 saturated heterocycles. The van der Waals surface area contributed by atoms with Gasteiger partial charge in [-0.3, -0.25) is 0 Å². The lowest BCUT2D eigenvalue weighted by molar-refractivity contribution is 0.684. The molecule has 2 heterocycles. The minimum absolute atomic E-state index is 0.526. The Morgan fingerprint density at radius 3 is 3.00 bits per heavy atom. The number of nitrogens with two attached hydrogens (primary N) is 1. The average Bonchev–Trinajstić information content (AvgIpc) is 2.66. The van der Waals surface area contributed by atoms with Crippen LogP contribution in [-0.2, 0) is 6.54 Å². The number of anilines is 1. The lowest BCUT2D eigenvalue weighted by atomic mass is 10.3. The molecule has 0 spiro atoms. The van der Waals surface area contributed by atoms with Gasteiger partial charge in [0.25, 0.3) is 0 Å². The Balaban J connectivity index is 2.40. The second-order valence-corrected chi connectivity index (χ2v) is 3.39. The van der Waals surface area contributed by atoms with E-state index < -0.39 is 0 Å². The number of pyridine rings is 1. The molecule has 0 bridgehead atoms. The maximum atomic E-state index is 5.64. The number of imidazole rings is 1. The number of aryl methyl sites for hydroxylation is 1. The molecule has 0 fully saturated rings. The van der Waals surface area contributed by atoms with E-state index in [9.17, 15) is 0 Å². The third-order valence-electron chi connectivity index (χ3n) is 2.18. The second-order valence-electron chi connectivity index (χ2n) is 3.39. The number of rotatable bonds is 3. The van der Waals surface area contributed by atoms with Gasteiger partial charge in [0.15, 0.2) is 5.82 Å². The van der Waals surface area contributed by atoms with Gasteiger partial charge in [-0.2, -0.15) is 0 Å². The van der Waals surface area contributed by atoms with Gasteiger partial charge in [0, 0.05) is 18.9 Å². The zero-order valence-electron chi connectivity index (χ0n) is 8.72. The van der Waals surface area contributed by atoms with Gasteiger partial charge >= 0.3 is 0 Å². The summed E-state index contributed by atoms with van der Waals surface area (Å²) in [6, 6.07) is 5.59. The van der Waals surface area contributed by atoms with Crippen LogP contribution in [0.25, 0.3) is 11.5 Å². The minimum atomic E-state index is 0.526. The van der Waals surface area contributed by atoms with Crippen LogP contribution in [0.2, 0.25) is 0 Å². The van der Waals surface area contributed by atoms with Crippen molar-refractivity contribution in [3.63, 3.8) is 0 Å². The number of hydrogen-bond acceptors (Lipinski definition) is 3. The van der Waals surface area contributed by atoms with Crippen LogP contribution in [0, 0.1) is 0 Å². The highest BCUT2D eigenvalue weighted by molar-refractivity contribution is 5.52. The minimum Gasteiger partial charge on any atom is -0.384 e. The van der Waals surface area contributed by atoms with Gasteiger partial charge in [-0.05, 0) is 18.6 Å². The first-order chi connectivity index (χ1) is 7.31. The summed E-state index contributed by atoms with van der Waals surface area (Å²) < 4.78 is 2.09. The molecule has 0 unspecified atom stereocenters. The molecule has 2 rings (SSSR count). The monoisotopic (exact) mass is 202 g/mol. The molecule has 0 aromatic carbocycles. The van der Waals surface area contributed by atoms with Crippen molar-refractivity contribution in [2.24, 2.45) is 0 Å². The Labute approximate surface area is 88.8 Å². The first kappa shape index (κ1) is 9.71. The quantitative estimate of drug-likeness (QED) is 0.827. The average molecular weight is 202 g/mol. The summed E-state index contributed by atoms with van der Waals surface area (Å²) >= 11 is 0. The second kappa shape index (κ2) is 4.13. The molecule has 4 heteroatoms. The van der Waals surface area contributed by atoms with Crippen molar-refractivity contribution in [1.29, 1.82) is 0 Å². The Morgan fingerprint density at radius 1 is 1.40 bits per heavy atom. The summed E-state index contributed by atoms with van der Waals surface area (Å²) in [7, 11) is 0. The summed E-state index contributed by atoms with van der Waals surface area (Å²) in [6.07, 6.45) is 4.82. The molecular formula is C11H14N4. The van der Waals surface area contributed by atoms with Crippen LogP contribution < -0.4 is 5.73 Å². The van der Waals surface area contributed by atoms with Crippen molar-refractivity contribution in [2.45, 2.75) is 19.9 Å². The third-order valence-corrected chi connectivity index (χ3v) is 2.18. The van der Waals surface area contributed by atoms with Crippen LogP contribution >= 0.6 is 0 Å². The van der Waals surface area contributed by atoms with E-state index in [0.29, 0.717) is 5.82 Å². The maximum Gasteiger partial charge on any atom is 0.158 e. The topological polar surface area (TPSA) is 56.7 Å². The van der Waals surface area contributed by atoms with E-state index in [1.807, 2.05) is 18.3 Å². The van der Waals surface area contributed by atoms with E-state index in [-0.39, 0.29) is 0 Å². The van der Waals surface area contributed by atoms with Crippen molar-refractivity contribution >= 4 is 5.82 Å². The summed E-state index contributed by atoms with van der Waals surface area (Å²) in [5.74, 6) is 1.41. The molecule has 0 aliphatic carbocycles. The van der Waals surface area contributed by atoms with Crippen molar-refractivity contribution in [3.05, 3.63) is 30.6 Å². The SMILES string of the molecule is CCCn1ccnc1-c1cccc(N)n1. The van der Waals surface area contributed by atoms with Crippen LogP contribution in [0.3, 0.4) is 0 Å². The maximum absolute atomic E-state index is 5.64. The zero-order valence-corrected chi connectivity index (χ0v) is 8.72. The standard InChI is InChI=1S/C11H14N4/c1-2-7-15-8-6-13-11(15)9-4-3-5-10(12)14-9/h3-6,8H,2,7H2,1H3,(H2,12,14). The van der Waals surface area contributed by atoms with Gasteiger partial charge in [-0.15, -0.1) is 0 Å². The normalized spacial score (nSPS) is 10.5. The molecule has 0 aliphatic heterocycles. The van der Waals surface area contributed by atoms with E-state index in [0.717, 1.165) is 24.5 Å². The third kappa shape index (κ3) is 1.98. The van der Waals surface area contributed by atoms with Crippen LogP contribution in [0.1, 0.15) is 13.3 Å². The van der Waals surface area contributed by atoms with E-state index in [4.69, 9.17) is 5.73 Å². The first-order valence-electron chi connectivity index (χ1n) is 5.05. The summed E-state index contributed by atoms with van der Waals surface area (Å²) in [6.45, 7) is 3.09. The van der Waals surface area contributed by atoms with Crippen molar-refractivity contribution < 1.29 is 0 Å². The van der Waals surface area contributed by atoms with Gasteiger partial charge in [0.1, 0.15) is 11.5 Å².